The molecule has 3 aromatic rings. The Morgan fingerprint density at radius 3 is 2.69 bits per heavy atom. The predicted octanol–water partition coefficient (Wildman–Crippen LogP) is 2.00. The van der Waals surface area contributed by atoms with Crippen molar-refractivity contribution in [1.82, 2.24) is 29.7 Å². The molecule has 1 aliphatic heterocycles. The average molecular weight is 449 g/mol. The van der Waals surface area contributed by atoms with Crippen molar-refractivity contribution in [3.63, 3.8) is 0 Å². The van der Waals surface area contributed by atoms with Crippen LogP contribution in [-0.4, -0.2) is 55.7 Å². The zero-order valence-corrected chi connectivity index (χ0v) is 16.8. The van der Waals surface area contributed by atoms with Gasteiger partial charge in [0.1, 0.15) is 5.69 Å². The summed E-state index contributed by atoms with van der Waals surface area (Å²) in [5.74, 6) is -0.608. The highest BCUT2D eigenvalue weighted by Crippen LogP contribution is 2.30. The summed E-state index contributed by atoms with van der Waals surface area (Å²) in [4.78, 5) is 17.5. The molecule has 13 heteroatoms. The Bertz CT molecular complexity index is 1190. The van der Waals surface area contributed by atoms with Crippen molar-refractivity contribution in [1.29, 1.82) is 5.41 Å². The second kappa shape index (κ2) is 8.15. The number of nitrogens with two attached hydrogens (primary N) is 1. The number of hydrogen-bond donors (Lipinski definition) is 3. The molecular weight excluding hydrogens is 430 g/mol. The minimum absolute atomic E-state index is 0.0167. The minimum Gasteiger partial charge on any atom is -0.404 e. The van der Waals surface area contributed by atoms with Gasteiger partial charge < -0.3 is 21.4 Å². The summed E-state index contributed by atoms with van der Waals surface area (Å²) in [6, 6.07) is -0.286. The largest absolute Gasteiger partial charge is 0.434 e. The highest BCUT2D eigenvalue weighted by Gasteiger charge is 2.33. The molecule has 1 fully saturated rings. The Morgan fingerprint density at radius 1 is 1.22 bits per heavy atom. The van der Waals surface area contributed by atoms with E-state index in [1.807, 2.05) is 6.92 Å². The van der Waals surface area contributed by atoms with Crippen LogP contribution >= 0.6 is 0 Å². The number of nitrogens with zero attached hydrogens (tertiary/aromatic N) is 6. The first-order valence-electron chi connectivity index (χ1n) is 9.57. The second-order valence-electron chi connectivity index (χ2n) is 7.34. The van der Waals surface area contributed by atoms with Gasteiger partial charge in [0.2, 0.25) is 5.95 Å². The van der Waals surface area contributed by atoms with Crippen molar-refractivity contribution in [2.75, 3.05) is 18.0 Å². The van der Waals surface area contributed by atoms with E-state index in [4.69, 9.17) is 11.1 Å². The highest BCUT2D eigenvalue weighted by atomic mass is 19.4. The van der Waals surface area contributed by atoms with E-state index in [1.165, 1.54) is 12.4 Å². The van der Waals surface area contributed by atoms with E-state index in [9.17, 15) is 17.6 Å². The van der Waals surface area contributed by atoms with E-state index < -0.39 is 17.7 Å². The first-order chi connectivity index (χ1) is 15.2. The summed E-state index contributed by atoms with van der Waals surface area (Å²) in [5.41, 5.74) is 5.00. The molecule has 4 heterocycles. The molecule has 4 rings (SSSR count). The Hall–Kier alpha value is -3.61. The van der Waals surface area contributed by atoms with Gasteiger partial charge >= 0.3 is 6.18 Å². The van der Waals surface area contributed by atoms with Gasteiger partial charge in [0, 0.05) is 43.3 Å². The van der Waals surface area contributed by atoms with E-state index >= 15 is 0 Å². The normalized spacial score (nSPS) is 20.0. The lowest BCUT2D eigenvalue weighted by molar-refractivity contribution is -0.141. The number of halogens is 4. The maximum atomic E-state index is 14.7. The predicted molar refractivity (Wildman–Crippen MR) is 109 cm³/mol. The molecule has 3 aromatic heterocycles. The van der Waals surface area contributed by atoms with Crippen molar-refractivity contribution < 1.29 is 17.6 Å². The van der Waals surface area contributed by atoms with Crippen LogP contribution in [0.2, 0.25) is 0 Å². The van der Waals surface area contributed by atoms with Crippen LogP contribution in [0.15, 0.2) is 36.6 Å². The summed E-state index contributed by atoms with van der Waals surface area (Å²) in [6.45, 7) is 2.79. The van der Waals surface area contributed by atoms with Crippen molar-refractivity contribution in [2.45, 2.75) is 25.2 Å². The monoisotopic (exact) mass is 449 g/mol. The minimum atomic E-state index is -4.67. The van der Waals surface area contributed by atoms with Gasteiger partial charge in [-0.25, -0.2) is 24.3 Å². The van der Waals surface area contributed by atoms with Gasteiger partial charge in [0.25, 0.3) is 0 Å². The molecule has 1 aliphatic rings. The fourth-order valence-electron chi connectivity index (χ4n) is 3.60. The van der Waals surface area contributed by atoms with E-state index in [0.717, 1.165) is 29.2 Å². The molecule has 168 valence electrons. The number of alkyl halides is 3. The lowest BCUT2D eigenvalue weighted by atomic mass is 10.0. The standard InChI is InChI=1S/C19H19F4N9/c1-10-7-31(8-13(29-10)11(2-24)3-25)18-28-4-12(20)17(30-18)14-5-27-16-6-26-15(9-32(14)16)19(21,22)23/h2-6,9-10,13,24,29H,7-8,25H2,1H3/b11-3+,24-2?. The van der Waals surface area contributed by atoms with Crippen molar-refractivity contribution in [3.8, 4) is 11.4 Å². The number of nitrogens with one attached hydrogen (secondary N) is 2. The van der Waals surface area contributed by atoms with Gasteiger partial charge in [-0.3, -0.25) is 4.40 Å². The first kappa shape index (κ1) is 21.6. The number of hydrogen-bond acceptors (Lipinski definition) is 8. The van der Waals surface area contributed by atoms with Crippen LogP contribution in [-0.2, 0) is 6.18 Å². The third-order valence-corrected chi connectivity index (χ3v) is 5.09. The molecule has 4 N–H and O–H groups in total. The molecule has 0 aromatic carbocycles. The van der Waals surface area contributed by atoms with E-state index in [-0.39, 0.29) is 35.1 Å². The summed E-state index contributed by atoms with van der Waals surface area (Å²) in [6.07, 6.45) is 1.75. The molecule has 32 heavy (non-hydrogen) atoms. The number of piperazine rings is 1. The third-order valence-electron chi connectivity index (χ3n) is 5.09. The van der Waals surface area contributed by atoms with Crippen LogP contribution in [0, 0.1) is 11.2 Å². The van der Waals surface area contributed by atoms with Crippen molar-refractivity contribution >= 4 is 17.8 Å². The lowest BCUT2D eigenvalue weighted by Crippen LogP contribution is -2.57. The zero-order chi connectivity index (χ0) is 23.0. The Labute approximate surface area is 179 Å². The molecule has 0 bridgehead atoms. The second-order valence-corrected chi connectivity index (χ2v) is 7.34. The average Bonchev–Trinajstić information content (AvgIpc) is 3.17. The Balaban J connectivity index is 1.75. The fourth-order valence-corrected chi connectivity index (χ4v) is 3.60. The van der Waals surface area contributed by atoms with Crippen molar-refractivity contribution in [2.24, 2.45) is 5.73 Å². The maximum Gasteiger partial charge on any atom is 0.434 e. The van der Waals surface area contributed by atoms with E-state index in [0.29, 0.717) is 18.7 Å². The number of rotatable bonds is 4. The topological polar surface area (TPSA) is 121 Å². The molecule has 0 saturated carbocycles. The smallest absolute Gasteiger partial charge is 0.404 e. The number of anilines is 1. The maximum absolute atomic E-state index is 14.7. The fraction of sp³-hybridized carbons (Fsp3) is 0.316. The van der Waals surface area contributed by atoms with Crippen LogP contribution in [0.1, 0.15) is 12.6 Å². The summed E-state index contributed by atoms with van der Waals surface area (Å²) in [7, 11) is 0. The van der Waals surface area contributed by atoms with E-state index in [2.05, 4.69) is 25.3 Å². The SMILES string of the molecule is CC1CN(c2ncc(F)c(-c3cnc4cnc(C(F)(F)F)cn34)n2)CC(/C(C=N)=C/N)N1. The molecular formula is C19H19F4N9. The molecule has 2 unspecified atom stereocenters. The van der Waals surface area contributed by atoms with Gasteiger partial charge in [-0.15, -0.1) is 0 Å². The zero-order valence-electron chi connectivity index (χ0n) is 16.8. The number of imidazole rings is 1. The molecule has 1 saturated heterocycles. The van der Waals surface area contributed by atoms with Crippen LogP contribution in [0.4, 0.5) is 23.5 Å². The molecule has 0 radical (unpaired) electrons. The Kier molecular flexibility index (Phi) is 5.50. The molecule has 2 atom stereocenters. The molecule has 9 nitrogen and oxygen atoms in total. The molecule has 0 amide bonds. The van der Waals surface area contributed by atoms with E-state index in [1.54, 1.807) is 4.90 Å². The van der Waals surface area contributed by atoms with Gasteiger partial charge in [-0.2, -0.15) is 13.2 Å². The first-order valence-corrected chi connectivity index (χ1v) is 9.57. The van der Waals surface area contributed by atoms with Crippen LogP contribution in [0.25, 0.3) is 17.0 Å². The summed E-state index contributed by atoms with van der Waals surface area (Å²) < 4.78 is 55.1. The van der Waals surface area contributed by atoms with Gasteiger partial charge in [0.15, 0.2) is 17.2 Å². The van der Waals surface area contributed by atoms with Crippen molar-refractivity contribution in [3.05, 3.63) is 48.1 Å². The van der Waals surface area contributed by atoms with Gasteiger partial charge in [0.05, 0.1) is 30.3 Å². The number of fused-ring (bicyclic) bond motifs is 1. The van der Waals surface area contributed by atoms with Crippen LogP contribution in [0.5, 0.6) is 0 Å². The van der Waals surface area contributed by atoms with Crippen LogP contribution < -0.4 is 16.0 Å². The molecule has 0 aliphatic carbocycles. The Morgan fingerprint density at radius 2 is 2.00 bits per heavy atom. The molecule has 0 spiro atoms. The van der Waals surface area contributed by atoms with Gasteiger partial charge in [-0.05, 0) is 6.92 Å². The third kappa shape index (κ3) is 3.98. The lowest BCUT2D eigenvalue weighted by Gasteiger charge is -2.38. The van der Waals surface area contributed by atoms with Gasteiger partial charge in [-0.1, -0.05) is 0 Å². The quantitative estimate of drug-likeness (QED) is 0.412. The summed E-state index contributed by atoms with van der Waals surface area (Å²) in [5, 5.41) is 10.8. The van der Waals surface area contributed by atoms with Crippen LogP contribution in [0.3, 0.4) is 0 Å². The highest BCUT2D eigenvalue weighted by molar-refractivity contribution is 5.77. The summed E-state index contributed by atoms with van der Waals surface area (Å²) >= 11 is 0. The number of aromatic nitrogens is 5.